The Morgan fingerprint density at radius 1 is 1.33 bits per heavy atom. The van der Waals surface area contributed by atoms with Gasteiger partial charge in [0, 0.05) is 0 Å². The molecule has 0 heterocycles. The van der Waals surface area contributed by atoms with E-state index in [-0.39, 0.29) is 12.4 Å². The van der Waals surface area contributed by atoms with Gasteiger partial charge < -0.3 is 10.8 Å². The molecule has 0 spiro atoms. The van der Waals surface area contributed by atoms with Gasteiger partial charge in [0.1, 0.15) is 5.54 Å². The average molecular weight is 228 g/mol. The van der Waals surface area contributed by atoms with Crippen molar-refractivity contribution in [3.8, 4) is 0 Å². The van der Waals surface area contributed by atoms with Gasteiger partial charge in [0.15, 0.2) is 0 Å². The van der Waals surface area contributed by atoms with Gasteiger partial charge in [-0.3, -0.25) is 4.79 Å². The van der Waals surface area contributed by atoms with E-state index in [0.717, 1.165) is 0 Å². The van der Waals surface area contributed by atoms with E-state index >= 15 is 0 Å². The quantitative estimate of drug-likeness (QED) is 0.810. The Morgan fingerprint density at radius 3 is 2.33 bits per heavy atom. The van der Waals surface area contributed by atoms with Crippen LogP contribution in [0.25, 0.3) is 0 Å². The highest BCUT2D eigenvalue weighted by atomic mass is 35.5. The highest BCUT2D eigenvalue weighted by molar-refractivity contribution is 5.85. The molecule has 15 heavy (non-hydrogen) atoms. The summed E-state index contributed by atoms with van der Waals surface area (Å²) in [5, 5.41) is 8.83. The summed E-state index contributed by atoms with van der Waals surface area (Å²) < 4.78 is 0. The van der Waals surface area contributed by atoms with Crippen LogP contribution < -0.4 is 5.73 Å². The van der Waals surface area contributed by atoms with Crippen molar-refractivity contribution in [1.29, 1.82) is 0 Å². The zero-order chi connectivity index (χ0) is 10.2. The smallest absolute Gasteiger partial charge is 0.323 e. The summed E-state index contributed by atoms with van der Waals surface area (Å²) >= 11 is 0. The van der Waals surface area contributed by atoms with E-state index in [4.69, 9.17) is 10.8 Å². The number of halogens is 1. The van der Waals surface area contributed by atoms with Gasteiger partial charge >= 0.3 is 5.97 Å². The second-order valence-electron chi connectivity index (χ2n) is 3.98. The molecule has 1 aromatic rings. The topological polar surface area (TPSA) is 63.3 Å². The summed E-state index contributed by atoms with van der Waals surface area (Å²) in [6.07, 6.45) is 1.10. The second kappa shape index (κ2) is 4.21. The van der Waals surface area contributed by atoms with Crippen molar-refractivity contribution in [2.45, 2.75) is 24.3 Å². The number of aliphatic carboxylic acids is 1. The lowest BCUT2D eigenvalue weighted by Crippen LogP contribution is -2.56. The highest BCUT2D eigenvalue weighted by Crippen LogP contribution is 2.43. The summed E-state index contributed by atoms with van der Waals surface area (Å²) in [6.45, 7) is 0. The Bertz CT molecular complexity index is 347. The van der Waals surface area contributed by atoms with Crippen molar-refractivity contribution < 1.29 is 9.90 Å². The van der Waals surface area contributed by atoms with Gasteiger partial charge in [-0.2, -0.15) is 0 Å². The van der Waals surface area contributed by atoms with Crippen LogP contribution in [0, 0.1) is 0 Å². The SMILES string of the molecule is Cl.NC1(C(=O)O)CC(c2ccccc2)C1. The fourth-order valence-corrected chi connectivity index (χ4v) is 1.96. The first-order valence-corrected chi connectivity index (χ1v) is 4.69. The van der Waals surface area contributed by atoms with Gasteiger partial charge in [0.25, 0.3) is 0 Å². The van der Waals surface area contributed by atoms with Crippen molar-refractivity contribution in [3.63, 3.8) is 0 Å². The third kappa shape index (κ3) is 2.13. The molecule has 0 amide bonds. The summed E-state index contributed by atoms with van der Waals surface area (Å²) in [7, 11) is 0. The lowest BCUT2D eigenvalue weighted by molar-refractivity contribution is -0.147. The van der Waals surface area contributed by atoms with Crippen molar-refractivity contribution in [2.24, 2.45) is 5.73 Å². The molecule has 0 aliphatic heterocycles. The van der Waals surface area contributed by atoms with Crippen LogP contribution in [0.4, 0.5) is 0 Å². The molecular formula is C11H14ClNO2. The molecule has 1 aromatic carbocycles. The van der Waals surface area contributed by atoms with Crippen LogP contribution in [0.1, 0.15) is 24.3 Å². The molecule has 1 aliphatic rings. The van der Waals surface area contributed by atoms with Gasteiger partial charge in [-0.05, 0) is 24.3 Å². The normalized spacial score (nSPS) is 28.7. The van der Waals surface area contributed by atoms with E-state index in [9.17, 15) is 4.79 Å². The van der Waals surface area contributed by atoms with Crippen molar-refractivity contribution >= 4 is 18.4 Å². The molecule has 0 atom stereocenters. The van der Waals surface area contributed by atoms with Gasteiger partial charge in [0.05, 0.1) is 0 Å². The maximum absolute atomic E-state index is 10.8. The third-order valence-electron chi connectivity index (χ3n) is 2.92. The van der Waals surface area contributed by atoms with E-state index in [1.807, 2.05) is 30.3 Å². The maximum Gasteiger partial charge on any atom is 0.323 e. The number of hydrogen-bond acceptors (Lipinski definition) is 2. The molecule has 0 aromatic heterocycles. The Labute approximate surface area is 94.7 Å². The summed E-state index contributed by atoms with van der Waals surface area (Å²) in [5.41, 5.74) is 5.88. The maximum atomic E-state index is 10.8. The Kier molecular flexibility index (Phi) is 3.37. The summed E-state index contributed by atoms with van der Waals surface area (Å²) in [5.74, 6) is -0.568. The predicted molar refractivity (Wildman–Crippen MR) is 60.2 cm³/mol. The predicted octanol–water partition coefficient (Wildman–Crippen LogP) is 1.77. The zero-order valence-electron chi connectivity index (χ0n) is 8.22. The molecule has 4 heteroatoms. The summed E-state index contributed by atoms with van der Waals surface area (Å²) in [4.78, 5) is 10.8. The Hall–Kier alpha value is -1.06. The van der Waals surface area contributed by atoms with Gasteiger partial charge in [-0.15, -0.1) is 12.4 Å². The van der Waals surface area contributed by atoms with E-state index in [1.54, 1.807) is 0 Å². The molecule has 1 saturated carbocycles. The molecule has 1 aliphatic carbocycles. The molecule has 0 unspecified atom stereocenters. The number of benzene rings is 1. The van der Waals surface area contributed by atoms with E-state index in [0.29, 0.717) is 18.8 Å². The summed E-state index contributed by atoms with van der Waals surface area (Å²) in [6, 6.07) is 9.92. The molecule has 2 rings (SSSR count). The van der Waals surface area contributed by atoms with Crippen LogP contribution in [-0.2, 0) is 4.79 Å². The molecule has 3 N–H and O–H groups in total. The second-order valence-corrected chi connectivity index (χ2v) is 3.98. The molecule has 0 radical (unpaired) electrons. The number of hydrogen-bond donors (Lipinski definition) is 2. The molecule has 82 valence electrons. The first-order valence-electron chi connectivity index (χ1n) is 4.69. The van der Waals surface area contributed by atoms with Crippen LogP contribution in [0.3, 0.4) is 0 Å². The molecule has 3 nitrogen and oxygen atoms in total. The Morgan fingerprint density at radius 2 is 1.87 bits per heavy atom. The largest absolute Gasteiger partial charge is 0.480 e. The Balaban J connectivity index is 0.00000112. The monoisotopic (exact) mass is 227 g/mol. The number of nitrogens with two attached hydrogens (primary N) is 1. The van der Waals surface area contributed by atoms with E-state index < -0.39 is 11.5 Å². The molecule has 1 fully saturated rings. The number of carbonyl (C=O) groups is 1. The fourth-order valence-electron chi connectivity index (χ4n) is 1.96. The minimum absolute atomic E-state index is 0. The highest BCUT2D eigenvalue weighted by Gasteiger charge is 2.47. The standard InChI is InChI=1S/C11H13NO2.ClH/c12-11(10(13)14)6-9(7-11)8-4-2-1-3-5-8;/h1-5,9H,6-7,12H2,(H,13,14);1H. The van der Waals surface area contributed by atoms with Crippen LogP contribution in [0.2, 0.25) is 0 Å². The lowest BCUT2D eigenvalue weighted by Gasteiger charge is -2.41. The van der Waals surface area contributed by atoms with E-state index in [2.05, 4.69) is 0 Å². The molecule has 0 bridgehead atoms. The van der Waals surface area contributed by atoms with Gasteiger partial charge in [0.2, 0.25) is 0 Å². The van der Waals surface area contributed by atoms with Crippen LogP contribution in [-0.4, -0.2) is 16.6 Å². The minimum Gasteiger partial charge on any atom is -0.480 e. The number of carboxylic acids is 1. The average Bonchev–Trinajstić information content (AvgIpc) is 2.14. The van der Waals surface area contributed by atoms with Crippen molar-refractivity contribution in [3.05, 3.63) is 35.9 Å². The first kappa shape index (κ1) is 12.0. The third-order valence-corrected chi connectivity index (χ3v) is 2.92. The fraction of sp³-hybridized carbons (Fsp3) is 0.364. The molecule has 0 saturated heterocycles. The van der Waals surface area contributed by atoms with Crippen molar-refractivity contribution in [1.82, 2.24) is 0 Å². The van der Waals surface area contributed by atoms with E-state index in [1.165, 1.54) is 5.56 Å². The van der Waals surface area contributed by atoms with Crippen molar-refractivity contribution in [2.75, 3.05) is 0 Å². The lowest BCUT2D eigenvalue weighted by atomic mass is 9.66. The van der Waals surface area contributed by atoms with Gasteiger partial charge in [-0.25, -0.2) is 0 Å². The van der Waals surface area contributed by atoms with Crippen LogP contribution >= 0.6 is 12.4 Å². The molecular weight excluding hydrogens is 214 g/mol. The van der Waals surface area contributed by atoms with Gasteiger partial charge in [-0.1, -0.05) is 30.3 Å². The number of carboxylic acid groups (broad SMARTS) is 1. The zero-order valence-corrected chi connectivity index (χ0v) is 9.04. The number of rotatable bonds is 2. The first-order chi connectivity index (χ1) is 6.62. The van der Waals surface area contributed by atoms with Crippen LogP contribution in [0.15, 0.2) is 30.3 Å². The van der Waals surface area contributed by atoms with Crippen LogP contribution in [0.5, 0.6) is 0 Å². The minimum atomic E-state index is -0.986.